The van der Waals surface area contributed by atoms with Crippen molar-refractivity contribution in [3.8, 4) is 0 Å². The number of hydrogen-bond donors (Lipinski definition) is 2. The summed E-state index contributed by atoms with van der Waals surface area (Å²) in [6.07, 6.45) is 0.565. The van der Waals surface area contributed by atoms with Gasteiger partial charge in [-0.05, 0) is 23.5 Å². The summed E-state index contributed by atoms with van der Waals surface area (Å²) >= 11 is 0. The minimum atomic E-state index is -0.739. The van der Waals surface area contributed by atoms with Crippen LogP contribution in [0.15, 0.2) is 24.3 Å². The minimum Gasteiger partial charge on any atom is -0.387 e. The van der Waals surface area contributed by atoms with E-state index in [1.165, 1.54) is 5.56 Å². The summed E-state index contributed by atoms with van der Waals surface area (Å²) in [5, 5.41) is 13.2. The van der Waals surface area contributed by atoms with Crippen molar-refractivity contribution >= 4 is 10.8 Å². The van der Waals surface area contributed by atoms with Crippen LogP contribution in [-0.4, -0.2) is 33.9 Å². The topological polar surface area (TPSA) is 49.3 Å². The average molecular weight is 297 g/mol. The Morgan fingerprint density at radius 2 is 1.90 bits per heavy atom. The van der Waals surface area contributed by atoms with Gasteiger partial charge in [0.05, 0.1) is 6.10 Å². The highest BCUT2D eigenvalue weighted by Crippen LogP contribution is 2.15. The Balaban J connectivity index is 2.35. The van der Waals surface area contributed by atoms with Gasteiger partial charge in [0, 0.05) is 35.4 Å². The summed E-state index contributed by atoms with van der Waals surface area (Å²) in [6.45, 7) is 7.51. The van der Waals surface area contributed by atoms with Crippen LogP contribution in [0, 0.1) is 5.92 Å². The molecule has 0 aliphatic rings. The van der Waals surface area contributed by atoms with E-state index in [2.05, 4.69) is 31.3 Å². The lowest BCUT2D eigenvalue weighted by Gasteiger charge is -2.13. The smallest absolute Gasteiger partial charge is 0.0914 e. The van der Waals surface area contributed by atoms with Crippen molar-refractivity contribution in [2.75, 3.05) is 24.6 Å². The molecule has 3 nitrogen and oxygen atoms in total. The van der Waals surface area contributed by atoms with E-state index in [0.717, 1.165) is 12.0 Å². The van der Waals surface area contributed by atoms with E-state index in [9.17, 15) is 9.32 Å². The first-order valence-corrected chi connectivity index (χ1v) is 8.84. The first-order valence-electron chi connectivity index (χ1n) is 7.35. The Morgan fingerprint density at radius 1 is 1.25 bits per heavy atom. The Kier molecular flexibility index (Phi) is 8.04. The van der Waals surface area contributed by atoms with Crippen LogP contribution in [0.3, 0.4) is 0 Å². The Hall–Kier alpha value is -0.710. The highest BCUT2D eigenvalue weighted by Gasteiger charge is 2.07. The van der Waals surface area contributed by atoms with Gasteiger partial charge in [-0.1, -0.05) is 45.0 Å². The quantitative estimate of drug-likeness (QED) is 0.688. The third-order valence-electron chi connectivity index (χ3n) is 3.17. The maximum absolute atomic E-state index is 11.3. The lowest BCUT2D eigenvalue weighted by molar-refractivity contribution is 0.175. The summed E-state index contributed by atoms with van der Waals surface area (Å²) in [4.78, 5) is 0. The first kappa shape index (κ1) is 17.3. The van der Waals surface area contributed by atoms with E-state index in [-0.39, 0.29) is 0 Å². The van der Waals surface area contributed by atoms with Gasteiger partial charge in [0.2, 0.25) is 0 Å². The third kappa shape index (κ3) is 6.64. The number of aliphatic hydroxyl groups is 1. The van der Waals surface area contributed by atoms with Crippen molar-refractivity contribution < 1.29 is 9.32 Å². The maximum Gasteiger partial charge on any atom is 0.0914 e. The predicted molar refractivity (Wildman–Crippen MR) is 86.4 cm³/mol. The second-order valence-electron chi connectivity index (χ2n) is 5.49. The SMILES string of the molecule is CCS(=O)CCNCC(O)c1ccc(CC(C)C)cc1. The molecular formula is C16H27NO2S. The molecule has 20 heavy (non-hydrogen) atoms. The molecule has 0 aliphatic heterocycles. The third-order valence-corrected chi connectivity index (χ3v) is 4.48. The van der Waals surface area contributed by atoms with Crippen LogP contribution in [0.5, 0.6) is 0 Å². The van der Waals surface area contributed by atoms with Gasteiger partial charge >= 0.3 is 0 Å². The van der Waals surface area contributed by atoms with Crippen molar-refractivity contribution in [3.63, 3.8) is 0 Å². The molecular weight excluding hydrogens is 270 g/mol. The zero-order chi connectivity index (χ0) is 15.0. The highest BCUT2D eigenvalue weighted by molar-refractivity contribution is 7.84. The number of benzene rings is 1. The fourth-order valence-electron chi connectivity index (χ4n) is 2.03. The molecule has 1 rings (SSSR count). The zero-order valence-corrected chi connectivity index (χ0v) is 13.6. The molecule has 4 heteroatoms. The number of nitrogens with one attached hydrogen (secondary N) is 1. The van der Waals surface area contributed by atoms with Gasteiger partial charge < -0.3 is 10.4 Å². The second-order valence-corrected chi connectivity index (χ2v) is 7.36. The molecule has 0 amide bonds. The van der Waals surface area contributed by atoms with E-state index in [1.807, 2.05) is 19.1 Å². The van der Waals surface area contributed by atoms with Crippen molar-refractivity contribution in [3.05, 3.63) is 35.4 Å². The van der Waals surface area contributed by atoms with Gasteiger partial charge in [-0.15, -0.1) is 0 Å². The summed E-state index contributed by atoms with van der Waals surface area (Å²) in [7, 11) is -0.739. The molecule has 0 heterocycles. The molecule has 0 bridgehead atoms. The lowest BCUT2D eigenvalue weighted by atomic mass is 10.0. The monoisotopic (exact) mass is 297 g/mol. The van der Waals surface area contributed by atoms with Gasteiger partial charge in [-0.25, -0.2) is 0 Å². The molecule has 0 aromatic heterocycles. The van der Waals surface area contributed by atoms with Crippen LogP contribution in [-0.2, 0) is 17.2 Å². The largest absolute Gasteiger partial charge is 0.387 e. The molecule has 1 aromatic rings. The van der Waals surface area contributed by atoms with E-state index >= 15 is 0 Å². The molecule has 0 aliphatic carbocycles. The second kappa shape index (κ2) is 9.27. The summed E-state index contributed by atoms with van der Waals surface area (Å²) in [5.41, 5.74) is 2.24. The van der Waals surface area contributed by atoms with Gasteiger partial charge in [-0.3, -0.25) is 4.21 Å². The number of aliphatic hydroxyl groups excluding tert-OH is 1. The predicted octanol–water partition coefficient (Wildman–Crippen LogP) is 2.28. The molecule has 0 spiro atoms. The molecule has 2 unspecified atom stereocenters. The van der Waals surface area contributed by atoms with Crippen LogP contribution in [0.25, 0.3) is 0 Å². The molecule has 0 saturated heterocycles. The molecule has 1 aromatic carbocycles. The van der Waals surface area contributed by atoms with Gasteiger partial charge in [0.15, 0.2) is 0 Å². The zero-order valence-electron chi connectivity index (χ0n) is 12.8. The fraction of sp³-hybridized carbons (Fsp3) is 0.625. The van der Waals surface area contributed by atoms with Crippen molar-refractivity contribution in [1.29, 1.82) is 0 Å². The molecule has 0 fully saturated rings. The van der Waals surface area contributed by atoms with Crippen molar-refractivity contribution in [2.24, 2.45) is 5.92 Å². The summed E-state index contributed by atoms with van der Waals surface area (Å²) < 4.78 is 11.3. The fourth-order valence-corrected chi connectivity index (χ4v) is 2.69. The van der Waals surface area contributed by atoms with Crippen molar-refractivity contribution in [2.45, 2.75) is 33.3 Å². The van der Waals surface area contributed by atoms with E-state index in [0.29, 0.717) is 30.5 Å². The minimum absolute atomic E-state index is 0.502. The number of rotatable bonds is 9. The molecule has 2 atom stereocenters. The van der Waals surface area contributed by atoms with Gasteiger partial charge in [0.25, 0.3) is 0 Å². The lowest BCUT2D eigenvalue weighted by Crippen LogP contribution is -2.26. The van der Waals surface area contributed by atoms with E-state index in [1.54, 1.807) is 0 Å². The Labute approximate surface area is 125 Å². The van der Waals surface area contributed by atoms with Crippen LogP contribution in [0.1, 0.15) is 38.0 Å². The van der Waals surface area contributed by atoms with Gasteiger partial charge in [0.1, 0.15) is 0 Å². The summed E-state index contributed by atoms with van der Waals surface area (Å²) in [5.74, 6) is 1.99. The molecule has 0 radical (unpaired) electrons. The van der Waals surface area contributed by atoms with Crippen molar-refractivity contribution in [1.82, 2.24) is 5.32 Å². The molecule has 2 N–H and O–H groups in total. The highest BCUT2D eigenvalue weighted by atomic mass is 32.2. The van der Waals surface area contributed by atoms with Gasteiger partial charge in [-0.2, -0.15) is 0 Å². The normalized spacial score (nSPS) is 14.4. The van der Waals surface area contributed by atoms with Crippen LogP contribution < -0.4 is 5.32 Å². The first-order chi connectivity index (χ1) is 9.52. The van der Waals surface area contributed by atoms with Crippen LogP contribution in [0.2, 0.25) is 0 Å². The Bertz CT molecular complexity index is 403. The van der Waals surface area contributed by atoms with Crippen LogP contribution >= 0.6 is 0 Å². The van der Waals surface area contributed by atoms with E-state index < -0.39 is 16.9 Å². The van der Waals surface area contributed by atoms with E-state index in [4.69, 9.17) is 0 Å². The maximum atomic E-state index is 11.3. The molecule has 114 valence electrons. The molecule has 0 saturated carbocycles. The Morgan fingerprint density at radius 3 is 2.45 bits per heavy atom. The number of hydrogen-bond acceptors (Lipinski definition) is 3. The average Bonchev–Trinajstić information content (AvgIpc) is 2.43. The standard InChI is InChI=1S/C16H27NO2S/c1-4-20(19)10-9-17-12-16(18)15-7-5-14(6-8-15)11-13(2)3/h5-8,13,16-18H,4,9-12H2,1-3H3. The summed E-state index contributed by atoms with van der Waals surface area (Å²) in [6, 6.07) is 8.16. The van der Waals surface area contributed by atoms with Crippen LogP contribution in [0.4, 0.5) is 0 Å².